The van der Waals surface area contributed by atoms with Gasteiger partial charge in [-0.05, 0) is 141 Å². The third-order valence-electron chi connectivity index (χ3n) is 13.9. The van der Waals surface area contributed by atoms with E-state index < -0.39 is 0 Å². The zero-order valence-corrected chi connectivity index (χ0v) is 32.5. The Bertz CT molecular complexity index is 1650. The predicted molar refractivity (Wildman–Crippen MR) is 220 cm³/mol. The van der Waals surface area contributed by atoms with Crippen LogP contribution in [0.3, 0.4) is 0 Å². The largest absolute Gasteiger partial charge is 0.360 e. The lowest BCUT2D eigenvalue weighted by molar-refractivity contribution is -0.0633. The second kappa shape index (κ2) is 15.0. The molecule has 0 amide bonds. The molecule has 274 valence electrons. The summed E-state index contributed by atoms with van der Waals surface area (Å²) in [5.41, 5.74) is 4.70. The summed E-state index contributed by atoms with van der Waals surface area (Å²) in [4.78, 5) is 10.8. The Hall–Kier alpha value is -3.00. The topological polar surface area (TPSA) is 25.0 Å². The van der Waals surface area contributed by atoms with Gasteiger partial charge >= 0.3 is 0 Å². The summed E-state index contributed by atoms with van der Waals surface area (Å²) in [5, 5.41) is 5.60. The summed E-state index contributed by atoms with van der Waals surface area (Å²) in [6.07, 6.45) is 14.4. The first kappa shape index (κ1) is 34.7. The van der Waals surface area contributed by atoms with E-state index in [4.69, 9.17) is 24.4 Å². The van der Waals surface area contributed by atoms with Gasteiger partial charge in [-0.2, -0.15) is 0 Å². The Labute approximate surface area is 323 Å². The fourth-order valence-electron chi connectivity index (χ4n) is 12.0. The first-order valence-electron chi connectivity index (χ1n) is 20.4. The van der Waals surface area contributed by atoms with Gasteiger partial charge in [0.05, 0.1) is 12.1 Å². The van der Waals surface area contributed by atoms with Gasteiger partial charge in [0.15, 0.2) is 10.2 Å². The second-order valence-corrected chi connectivity index (χ2v) is 18.4. The fraction of sp³-hybridized carbons (Fsp3) is 0.556. The molecular formula is C45H57N5S2. The highest BCUT2D eigenvalue weighted by Crippen LogP contribution is 2.60. The number of hydrogen-bond acceptors (Lipinski definition) is 3. The maximum Gasteiger partial charge on any atom is 0.172 e. The molecule has 3 heterocycles. The normalized spacial score (nSPS) is 31.9. The molecule has 7 aliphatic rings. The summed E-state index contributed by atoms with van der Waals surface area (Å²) >= 11 is 12.6. The predicted octanol–water partition coefficient (Wildman–Crippen LogP) is 7.59. The lowest BCUT2D eigenvalue weighted by Gasteiger charge is -2.58. The molecule has 0 aromatic heterocycles. The Morgan fingerprint density at radius 3 is 1.88 bits per heavy atom. The van der Waals surface area contributed by atoms with Gasteiger partial charge in [-0.1, -0.05) is 91.0 Å². The van der Waals surface area contributed by atoms with Crippen LogP contribution < -0.4 is 5.32 Å². The van der Waals surface area contributed by atoms with Gasteiger partial charge in [0.1, 0.15) is 0 Å². The smallest absolute Gasteiger partial charge is 0.172 e. The molecule has 3 aliphatic heterocycles. The van der Waals surface area contributed by atoms with Crippen molar-refractivity contribution in [3.8, 4) is 0 Å². The number of rotatable bonds is 13. The Kier molecular flexibility index (Phi) is 10.0. The molecule has 0 radical (unpaired) electrons. The summed E-state index contributed by atoms with van der Waals surface area (Å²) in [5.74, 6) is 2.86. The quantitative estimate of drug-likeness (QED) is 0.181. The second-order valence-electron chi connectivity index (χ2n) is 17.6. The zero-order valence-electron chi connectivity index (χ0n) is 30.8. The summed E-state index contributed by atoms with van der Waals surface area (Å²) in [7, 11) is 0. The summed E-state index contributed by atoms with van der Waals surface area (Å²) < 4.78 is 0. The van der Waals surface area contributed by atoms with Gasteiger partial charge in [-0.15, -0.1) is 0 Å². The van der Waals surface area contributed by atoms with Crippen LogP contribution in [0.25, 0.3) is 0 Å². The van der Waals surface area contributed by atoms with Gasteiger partial charge in [-0.25, -0.2) is 0 Å². The molecule has 4 saturated carbocycles. The van der Waals surface area contributed by atoms with E-state index >= 15 is 0 Å². The minimum absolute atomic E-state index is 0.332. The van der Waals surface area contributed by atoms with Crippen LogP contribution in [-0.4, -0.2) is 93.3 Å². The molecular weight excluding hydrogens is 675 g/mol. The zero-order chi connectivity index (χ0) is 35.1. The van der Waals surface area contributed by atoms with Crippen LogP contribution in [0.5, 0.6) is 0 Å². The molecule has 0 spiro atoms. The SMILES string of the molecule is S=C1NC[C@H](Cc2ccccc2)N1C[C@@H]1CCCN1C[C@H](Cc1ccccc1)N1C[C@H](Cc2ccccc2)N(CC23CC4CC(CC(C4)C2)C3)C1=S. The average molecular weight is 732 g/mol. The van der Waals surface area contributed by atoms with Crippen molar-refractivity contribution < 1.29 is 0 Å². The highest BCUT2D eigenvalue weighted by Gasteiger charge is 2.53. The molecule has 4 aliphatic carbocycles. The Morgan fingerprint density at radius 1 is 0.692 bits per heavy atom. The van der Waals surface area contributed by atoms with E-state index in [1.165, 1.54) is 68.1 Å². The van der Waals surface area contributed by atoms with Crippen LogP contribution in [0, 0.1) is 23.2 Å². The van der Waals surface area contributed by atoms with Crippen molar-refractivity contribution in [2.45, 2.75) is 94.8 Å². The van der Waals surface area contributed by atoms with Gasteiger partial charge < -0.3 is 20.0 Å². The minimum Gasteiger partial charge on any atom is -0.360 e. The molecule has 3 aromatic rings. The van der Waals surface area contributed by atoms with Gasteiger partial charge in [0.25, 0.3) is 0 Å². The maximum absolute atomic E-state index is 6.68. The van der Waals surface area contributed by atoms with Crippen molar-refractivity contribution in [3.63, 3.8) is 0 Å². The van der Waals surface area contributed by atoms with Crippen molar-refractivity contribution in [2.24, 2.45) is 23.2 Å². The molecule has 4 bridgehead atoms. The Balaban J connectivity index is 0.963. The summed E-state index contributed by atoms with van der Waals surface area (Å²) in [6, 6.07) is 35.0. The number of hydrogen-bond donors (Lipinski definition) is 1. The highest BCUT2D eigenvalue weighted by molar-refractivity contribution is 7.80. The molecule has 7 fully saturated rings. The minimum atomic E-state index is 0.332. The van der Waals surface area contributed by atoms with Crippen LogP contribution in [0.1, 0.15) is 68.1 Å². The van der Waals surface area contributed by atoms with Crippen molar-refractivity contribution >= 4 is 34.7 Å². The first-order valence-corrected chi connectivity index (χ1v) is 21.3. The molecule has 0 unspecified atom stereocenters. The molecule has 10 rings (SSSR count). The van der Waals surface area contributed by atoms with Crippen LogP contribution in [0.4, 0.5) is 0 Å². The van der Waals surface area contributed by atoms with Gasteiger partial charge in [0, 0.05) is 44.8 Å². The molecule has 3 saturated heterocycles. The lowest BCUT2D eigenvalue weighted by atomic mass is 9.49. The van der Waals surface area contributed by atoms with Crippen LogP contribution in [0.2, 0.25) is 0 Å². The van der Waals surface area contributed by atoms with Gasteiger partial charge in [0.2, 0.25) is 0 Å². The average Bonchev–Trinajstić information content (AvgIpc) is 3.82. The van der Waals surface area contributed by atoms with Crippen molar-refractivity contribution in [1.29, 1.82) is 0 Å². The number of benzene rings is 3. The molecule has 3 aromatic carbocycles. The van der Waals surface area contributed by atoms with Gasteiger partial charge in [-0.3, -0.25) is 4.90 Å². The van der Waals surface area contributed by atoms with Crippen molar-refractivity contribution in [1.82, 2.24) is 24.9 Å². The number of thiocarbonyl (C=S) groups is 2. The van der Waals surface area contributed by atoms with E-state index in [0.29, 0.717) is 29.6 Å². The van der Waals surface area contributed by atoms with Crippen molar-refractivity contribution in [3.05, 3.63) is 108 Å². The monoisotopic (exact) mass is 731 g/mol. The van der Waals surface area contributed by atoms with E-state index in [-0.39, 0.29) is 0 Å². The standard InChI is InChI=1S/C45H57N5S2/c51-43-46-28-40(22-33-11-4-1-5-12-33)48(43)30-39-17-10-18-47(39)29-41(23-34-13-6-2-7-14-34)49-31-42(24-35-15-8-3-9-16-35)50(44(49)52)32-45-25-36-19-37(26-45)21-38(20-36)27-45/h1-9,11-16,36-42H,10,17-32H2,(H,46,51)/t36?,37?,38?,39-,40-,41-,42-,45?/m0/s1. The van der Waals surface area contributed by atoms with E-state index in [0.717, 1.165) is 86.5 Å². The molecule has 5 nitrogen and oxygen atoms in total. The number of nitrogens with one attached hydrogen (secondary N) is 1. The third kappa shape index (κ3) is 7.39. The van der Waals surface area contributed by atoms with E-state index in [9.17, 15) is 0 Å². The van der Waals surface area contributed by atoms with Crippen LogP contribution in [-0.2, 0) is 19.3 Å². The fourth-order valence-corrected chi connectivity index (χ4v) is 12.8. The molecule has 4 atom stereocenters. The first-order chi connectivity index (χ1) is 25.5. The maximum atomic E-state index is 6.68. The third-order valence-corrected chi connectivity index (χ3v) is 14.8. The molecule has 52 heavy (non-hydrogen) atoms. The van der Waals surface area contributed by atoms with Crippen molar-refractivity contribution in [2.75, 3.05) is 39.3 Å². The molecule has 1 N–H and O–H groups in total. The number of likely N-dealkylation sites (tertiary alicyclic amines) is 1. The lowest BCUT2D eigenvalue weighted by Crippen LogP contribution is -2.54. The summed E-state index contributed by atoms with van der Waals surface area (Å²) in [6.45, 7) is 6.31. The van der Waals surface area contributed by atoms with E-state index in [1.54, 1.807) is 0 Å². The van der Waals surface area contributed by atoms with Crippen LogP contribution >= 0.6 is 24.4 Å². The Morgan fingerprint density at radius 2 is 1.27 bits per heavy atom. The molecule has 7 heteroatoms. The van der Waals surface area contributed by atoms with E-state index in [2.05, 4.69) is 116 Å². The van der Waals surface area contributed by atoms with Crippen LogP contribution in [0.15, 0.2) is 91.0 Å². The van der Waals surface area contributed by atoms with E-state index in [1.807, 2.05) is 0 Å². The highest BCUT2D eigenvalue weighted by atomic mass is 32.1. The number of nitrogens with zero attached hydrogens (tertiary/aromatic N) is 4.